The van der Waals surface area contributed by atoms with Crippen molar-refractivity contribution in [1.82, 2.24) is 15.5 Å². The van der Waals surface area contributed by atoms with Crippen LogP contribution in [0.5, 0.6) is 0 Å². The maximum Gasteiger partial charge on any atom is 0.246 e. The van der Waals surface area contributed by atoms with Crippen LogP contribution in [-0.2, 0) is 16.8 Å². The number of hydrogen-bond donors (Lipinski definition) is 1. The molecule has 1 N–H and O–H groups in total. The van der Waals surface area contributed by atoms with Crippen LogP contribution in [0.2, 0.25) is 0 Å². The molecule has 0 aliphatic heterocycles. The van der Waals surface area contributed by atoms with Gasteiger partial charge in [0.05, 0.1) is 12.0 Å². The molecule has 1 heterocycles. The molecule has 0 spiro atoms. The predicted octanol–water partition coefficient (Wildman–Crippen LogP) is 2.87. The fourth-order valence-electron chi connectivity index (χ4n) is 3.21. The molecule has 1 saturated carbocycles. The fraction of sp³-hybridized carbons (Fsp3) is 0.471. The molecule has 1 aliphatic carbocycles. The maximum absolute atomic E-state index is 11.0. The predicted molar refractivity (Wildman–Crippen MR) is 82.2 cm³/mol. The highest BCUT2D eigenvalue weighted by molar-refractivity contribution is 5.72. The molecule has 3 rings (SSSR count). The molecule has 0 atom stereocenters. The van der Waals surface area contributed by atoms with Crippen LogP contribution in [0.25, 0.3) is 0 Å². The van der Waals surface area contributed by atoms with Crippen molar-refractivity contribution >= 4 is 5.91 Å². The Hall–Kier alpha value is -2.17. The van der Waals surface area contributed by atoms with Crippen molar-refractivity contribution in [2.75, 3.05) is 0 Å². The first-order valence-corrected chi connectivity index (χ1v) is 7.75. The average molecular weight is 299 g/mol. The van der Waals surface area contributed by atoms with Gasteiger partial charge in [0.15, 0.2) is 5.82 Å². The van der Waals surface area contributed by atoms with E-state index in [-0.39, 0.29) is 17.9 Å². The largest absolute Gasteiger partial charge is 0.347 e. The Morgan fingerprint density at radius 3 is 2.59 bits per heavy atom. The summed E-state index contributed by atoms with van der Waals surface area (Å²) in [5.74, 6) is 1.10. The van der Waals surface area contributed by atoms with Gasteiger partial charge in [-0.2, -0.15) is 4.98 Å². The molecule has 1 aromatic heterocycles. The van der Waals surface area contributed by atoms with Gasteiger partial charge in [0, 0.05) is 6.92 Å². The van der Waals surface area contributed by atoms with Gasteiger partial charge in [-0.1, -0.05) is 47.8 Å². The van der Waals surface area contributed by atoms with Crippen molar-refractivity contribution in [3.05, 3.63) is 47.1 Å². The standard InChI is InChI=1S/C17H21N3O2/c1-12-5-7-14(8-6-12)17(9-3-4-10-17)16-19-15(22-20-16)11-18-13(2)21/h5-8H,3-4,9-11H2,1-2H3,(H,18,21). The number of nitrogens with zero attached hydrogens (tertiary/aromatic N) is 2. The second-order valence-electron chi connectivity index (χ2n) is 6.08. The summed E-state index contributed by atoms with van der Waals surface area (Å²) < 4.78 is 5.32. The summed E-state index contributed by atoms with van der Waals surface area (Å²) in [5.41, 5.74) is 2.35. The zero-order chi connectivity index (χ0) is 15.6. The van der Waals surface area contributed by atoms with Gasteiger partial charge < -0.3 is 9.84 Å². The minimum absolute atomic E-state index is 0.103. The van der Waals surface area contributed by atoms with E-state index in [1.165, 1.54) is 30.9 Å². The molecule has 5 nitrogen and oxygen atoms in total. The van der Waals surface area contributed by atoms with Gasteiger partial charge in [0.1, 0.15) is 0 Å². The van der Waals surface area contributed by atoms with Gasteiger partial charge in [-0.25, -0.2) is 0 Å². The first-order valence-electron chi connectivity index (χ1n) is 7.75. The summed E-state index contributed by atoms with van der Waals surface area (Å²) in [6.07, 6.45) is 4.41. The third-order valence-corrected chi connectivity index (χ3v) is 4.45. The molecule has 0 bridgehead atoms. The van der Waals surface area contributed by atoms with Gasteiger partial charge >= 0.3 is 0 Å². The van der Waals surface area contributed by atoms with Gasteiger partial charge in [-0.3, -0.25) is 4.79 Å². The lowest BCUT2D eigenvalue weighted by Crippen LogP contribution is -2.25. The Morgan fingerprint density at radius 1 is 1.27 bits per heavy atom. The minimum Gasteiger partial charge on any atom is -0.347 e. The number of carbonyl (C=O) groups is 1. The molecular formula is C17H21N3O2. The molecule has 1 aromatic carbocycles. The molecule has 0 unspecified atom stereocenters. The second kappa shape index (κ2) is 5.91. The van der Waals surface area contributed by atoms with Crippen LogP contribution in [0.4, 0.5) is 0 Å². The lowest BCUT2D eigenvalue weighted by Gasteiger charge is -2.25. The first kappa shape index (κ1) is 14.8. The van der Waals surface area contributed by atoms with Gasteiger partial charge in [-0.05, 0) is 25.3 Å². The number of rotatable bonds is 4. The zero-order valence-corrected chi connectivity index (χ0v) is 13.1. The van der Waals surface area contributed by atoms with Crippen LogP contribution in [0.1, 0.15) is 55.4 Å². The molecule has 1 aliphatic rings. The number of hydrogen-bond acceptors (Lipinski definition) is 4. The van der Waals surface area contributed by atoms with Crippen LogP contribution in [0, 0.1) is 6.92 Å². The van der Waals surface area contributed by atoms with Crippen LogP contribution in [0.3, 0.4) is 0 Å². The van der Waals surface area contributed by atoms with Gasteiger partial charge in [0.2, 0.25) is 11.8 Å². The molecule has 0 saturated heterocycles. The van der Waals surface area contributed by atoms with E-state index in [4.69, 9.17) is 4.52 Å². The Kier molecular flexibility index (Phi) is 3.96. The van der Waals surface area contributed by atoms with Crippen molar-refractivity contribution in [3.63, 3.8) is 0 Å². The minimum atomic E-state index is -0.147. The number of carbonyl (C=O) groups excluding carboxylic acids is 1. The van der Waals surface area contributed by atoms with Crippen molar-refractivity contribution in [2.24, 2.45) is 0 Å². The first-order chi connectivity index (χ1) is 10.6. The van der Waals surface area contributed by atoms with Crippen LogP contribution in [0.15, 0.2) is 28.8 Å². The number of amides is 1. The molecular weight excluding hydrogens is 278 g/mol. The average Bonchev–Trinajstić information content (AvgIpc) is 3.16. The highest BCUT2D eigenvalue weighted by Gasteiger charge is 2.41. The third-order valence-electron chi connectivity index (χ3n) is 4.45. The Balaban J connectivity index is 1.91. The van der Waals surface area contributed by atoms with Gasteiger partial charge in [-0.15, -0.1) is 0 Å². The van der Waals surface area contributed by atoms with Crippen LogP contribution >= 0.6 is 0 Å². The zero-order valence-electron chi connectivity index (χ0n) is 13.1. The smallest absolute Gasteiger partial charge is 0.246 e. The maximum atomic E-state index is 11.0. The van der Waals surface area contributed by atoms with E-state index in [9.17, 15) is 4.79 Å². The van der Waals surface area contributed by atoms with E-state index >= 15 is 0 Å². The van der Waals surface area contributed by atoms with Crippen LogP contribution < -0.4 is 5.32 Å². The molecule has 22 heavy (non-hydrogen) atoms. The van der Waals surface area contributed by atoms with Gasteiger partial charge in [0.25, 0.3) is 0 Å². The van der Waals surface area contributed by atoms with Crippen LogP contribution in [-0.4, -0.2) is 16.0 Å². The normalized spacial score (nSPS) is 16.6. The summed E-state index contributed by atoms with van der Waals surface area (Å²) in [7, 11) is 0. The Labute approximate surface area is 130 Å². The summed E-state index contributed by atoms with van der Waals surface area (Å²) in [4.78, 5) is 15.5. The lowest BCUT2D eigenvalue weighted by atomic mass is 9.78. The SMILES string of the molecule is CC(=O)NCc1nc(C2(c3ccc(C)cc3)CCCC2)no1. The summed E-state index contributed by atoms with van der Waals surface area (Å²) in [6.45, 7) is 3.85. The quantitative estimate of drug-likeness (QED) is 0.942. The van der Waals surface area contributed by atoms with E-state index < -0.39 is 0 Å². The van der Waals surface area contributed by atoms with Crippen molar-refractivity contribution in [1.29, 1.82) is 0 Å². The van der Waals surface area contributed by atoms with E-state index in [1.807, 2.05) is 0 Å². The Bertz CT molecular complexity index is 655. The number of nitrogens with one attached hydrogen (secondary N) is 1. The monoisotopic (exact) mass is 299 g/mol. The lowest BCUT2D eigenvalue weighted by molar-refractivity contribution is -0.119. The molecule has 0 radical (unpaired) electrons. The number of benzene rings is 1. The highest BCUT2D eigenvalue weighted by Crippen LogP contribution is 2.45. The van der Waals surface area contributed by atoms with Crippen molar-refractivity contribution in [2.45, 2.75) is 51.5 Å². The van der Waals surface area contributed by atoms with Crippen molar-refractivity contribution < 1.29 is 9.32 Å². The highest BCUT2D eigenvalue weighted by atomic mass is 16.5. The number of aromatic nitrogens is 2. The van der Waals surface area contributed by atoms with E-state index in [0.717, 1.165) is 18.7 Å². The molecule has 2 aromatic rings. The fourth-order valence-corrected chi connectivity index (χ4v) is 3.21. The molecule has 1 amide bonds. The van der Waals surface area contributed by atoms with E-state index in [1.54, 1.807) is 0 Å². The molecule has 1 fully saturated rings. The second-order valence-corrected chi connectivity index (χ2v) is 6.08. The Morgan fingerprint density at radius 2 is 1.95 bits per heavy atom. The number of aryl methyl sites for hydroxylation is 1. The molecule has 5 heteroatoms. The summed E-state index contributed by atoms with van der Waals surface area (Å²) in [6, 6.07) is 8.61. The third kappa shape index (κ3) is 2.75. The molecule has 116 valence electrons. The van der Waals surface area contributed by atoms with E-state index in [0.29, 0.717) is 5.89 Å². The van der Waals surface area contributed by atoms with Crippen molar-refractivity contribution in [3.8, 4) is 0 Å². The summed E-state index contributed by atoms with van der Waals surface area (Å²) >= 11 is 0. The topological polar surface area (TPSA) is 68.0 Å². The van der Waals surface area contributed by atoms with E-state index in [2.05, 4.69) is 46.6 Å². The summed E-state index contributed by atoms with van der Waals surface area (Å²) in [5, 5.41) is 6.90.